The molecule has 0 spiro atoms. The number of hydrogen-bond donors (Lipinski definition) is 2. The Morgan fingerprint density at radius 1 is 1.21 bits per heavy atom. The van der Waals surface area contributed by atoms with Crippen LogP contribution in [0.4, 0.5) is 5.69 Å². The maximum Gasteiger partial charge on any atom is 0.251 e. The number of nitrogens with two attached hydrogens (primary N) is 1. The molecule has 0 bridgehead atoms. The summed E-state index contributed by atoms with van der Waals surface area (Å²) >= 11 is 0. The molecule has 3 N–H and O–H groups in total. The van der Waals surface area contributed by atoms with Crippen molar-refractivity contribution in [2.45, 2.75) is 19.3 Å². The lowest BCUT2D eigenvalue weighted by molar-refractivity contribution is 0.0946. The van der Waals surface area contributed by atoms with E-state index in [1.54, 1.807) is 18.5 Å². The van der Waals surface area contributed by atoms with E-state index in [9.17, 15) is 4.79 Å². The van der Waals surface area contributed by atoms with Crippen molar-refractivity contribution in [3.63, 3.8) is 0 Å². The zero-order valence-corrected chi connectivity index (χ0v) is 13.9. The third-order valence-corrected chi connectivity index (χ3v) is 4.45. The second kappa shape index (κ2) is 7.93. The molecule has 0 atom stereocenters. The minimum absolute atomic E-state index is 0.0451. The Morgan fingerprint density at radius 3 is 2.83 bits per heavy atom. The molecular weight excluding hydrogens is 300 g/mol. The van der Waals surface area contributed by atoms with Crippen LogP contribution < -0.4 is 11.1 Å². The van der Waals surface area contributed by atoms with Gasteiger partial charge in [0, 0.05) is 42.3 Å². The van der Waals surface area contributed by atoms with E-state index in [0.29, 0.717) is 17.8 Å². The summed E-state index contributed by atoms with van der Waals surface area (Å²) in [4.78, 5) is 18.9. The van der Waals surface area contributed by atoms with Crippen LogP contribution in [0.1, 0.15) is 29.6 Å². The second-order valence-electron chi connectivity index (χ2n) is 6.20. The summed E-state index contributed by atoms with van der Waals surface area (Å²) in [7, 11) is 0. The molecule has 24 heavy (non-hydrogen) atoms. The molecule has 1 aliphatic rings. The summed E-state index contributed by atoms with van der Waals surface area (Å²) in [6.45, 7) is 3.89. The minimum Gasteiger partial charge on any atom is -0.398 e. The number of nitrogens with zero attached hydrogens (tertiary/aromatic N) is 2. The number of hydrogen-bond acceptors (Lipinski definition) is 4. The number of pyridine rings is 1. The number of piperidine rings is 1. The highest BCUT2D eigenvalue weighted by atomic mass is 16.1. The molecule has 0 unspecified atom stereocenters. The van der Waals surface area contributed by atoms with E-state index in [-0.39, 0.29) is 5.91 Å². The quantitative estimate of drug-likeness (QED) is 0.886. The van der Waals surface area contributed by atoms with E-state index in [4.69, 9.17) is 5.73 Å². The first kappa shape index (κ1) is 16.5. The number of aromatic nitrogens is 1. The summed E-state index contributed by atoms with van der Waals surface area (Å²) in [5.41, 5.74) is 9.06. The van der Waals surface area contributed by atoms with Gasteiger partial charge in [-0.25, -0.2) is 0 Å². The Bertz CT molecular complexity index is 695. The highest BCUT2D eigenvalue weighted by molar-refractivity contribution is 5.95. The molecule has 5 heteroatoms. The number of likely N-dealkylation sites (tertiary alicyclic amines) is 1. The molecule has 126 valence electrons. The SMILES string of the molecule is Nc1ccncc1-c1cccc(C(=O)NCCN2CCCCC2)c1. The molecule has 0 aliphatic carbocycles. The zero-order valence-electron chi connectivity index (χ0n) is 13.9. The molecule has 1 aromatic carbocycles. The van der Waals surface area contributed by atoms with Crippen molar-refractivity contribution < 1.29 is 4.79 Å². The van der Waals surface area contributed by atoms with Crippen LogP contribution in [0.5, 0.6) is 0 Å². The fraction of sp³-hybridized carbons (Fsp3) is 0.368. The van der Waals surface area contributed by atoms with Gasteiger partial charge in [-0.2, -0.15) is 0 Å². The van der Waals surface area contributed by atoms with Gasteiger partial charge in [0.25, 0.3) is 5.91 Å². The van der Waals surface area contributed by atoms with Gasteiger partial charge in [-0.3, -0.25) is 9.78 Å². The van der Waals surface area contributed by atoms with Crippen LogP contribution in [-0.2, 0) is 0 Å². The molecule has 5 nitrogen and oxygen atoms in total. The van der Waals surface area contributed by atoms with Gasteiger partial charge < -0.3 is 16.0 Å². The van der Waals surface area contributed by atoms with Gasteiger partial charge in [0.1, 0.15) is 0 Å². The molecular formula is C19H24N4O. The Morgan fingerprint density at radius 2 is 2.04 bits per heavy atom. The third-order valence-electron chi connectivity index (χ3n) is 4.45. The van der Waals surface area contributed by atoms with Crippen molar-refractivity contribution in [3.05, 3.63) is 48.3 Å². The topological polar surface area (TPSA) is 71.2 Å². The number of nitrogen functional groups attached to an aromatic ring is 1. The van der Waals surface area contributed by atoms with Gasteiger partial charge >= 0.3 is 0 Å². The molecule has 1 aliphatic heterocycles. The maximum absolute atomic E-state index is 12.4. The summed E-state index contributed by atoms with van der Waals surface area (Å²) in [6.07, 6.45) is 7.25. The average Bonchev–Trinajstić information content (AvgIpc) is 2.63. The lowest BCUT2D eigenvalue weighted by Gasteiger charge is -2.26. The number of anilines is 1. The van der Waals surface area contributed by atoms with Crippen LogP contribution >= 0.6 is 0 Å². The first-order valence-corrected chi connectivity index (χ1v) is 8.54. The first-order valence-electron chi connectivity index (χ1n) is 8.54. The van der Waals surface area contributed by atoms with Crippen LogP contribution in [0, 0.1) is 0 Å². The maximum atomic E-state index is 12.4. The molecule has 1 saturated heterocycles. The van der Waals surface area contributed by atoms with E-state index in [1.807, 2.05) is 24.3 Å². The predicted octanol–water partition coefficient (Wildman–Crippen LogP) is 2.55. The Kier molecular flexibility index (Phi) is 5.43. The molecule has 1 aromatic heterocycles. The van der Waals surface area contributed by atoms with E-state index in [1.165, 1.54) is 19.3 Å². The van der Waals surface area contributed by atoms with Crippen molar-refractivity contribution in [2.24, 2.45) is 0 Å². The fourth-order valence-electron chi connectivity index (χ4n) is 3.09. The Hall–Kier alpha value is -2.40. The largest absolute Gasteiger partial charge is 0.398 e. The molecule has 0 radical (unpaired) electrons. The van der Waals surface area contributed by atoms with Gasteiger partial charge in [0.05, 0.1) is 0 Å². The number of nitrogens with one attached hydrogen (secondary N) is 1. The predicted molar refractivity (Wildman–Crippen MR) is 96.7 cm³/mol. The second-order valence-corrected chi connectivity index (χ2v) is 6.20. The van der Waals surface area contributed by atoms with Gasteiger partial charge in [-0.1, -0.05) is 18.6 Å². The molecule has 3 rings (SSSR count). The van der Waals surface area contributed by atoms with Crippen molar-refractivity contribution in [1.82, 2.24) is 15.2 Å². The monoisotopic (exact) mass is 324 g/mol. The lowest BCUT2D eigenvalue weighted by atomic mass is 10.0. The van der Waals surface area contributed by atoms with Gasteiger partial charge in [-0.05, 0) is 49.7 Å². The third kappa shape index (κ3) is 4.11. The highest BCUT2D eigenvalue weighted by Gasteiger charge is 2.11. The molecule has 1 fully saturated rings. The first-order chi connectivity index (χ1) is 11.7. The number of benzene rings is 1. The zero-order chi connectivity index (χ0) is 16.8. The molecule has 0 saturated carbocycles. The summed E-state index contributed by atoms with van der Waals surface area (Å²) in [6, 6.07) is 9.27. The number of carbonyl (C=O) groups is 1. The van der Waals surface area contributed by atoms with E-state index < -0.39 is 0 Å². The lowest BCUT2D eigenvalue weighted by Crippen LogP contribution is -2.37. The Labute approximate surface area is 142 Å². The number of rotatable bonds is 5. The standard InChI is InChI=1S/C19H24N4O/c20-18-7-8-21-14-17(18)15-5-4-6-16(13-15)19(24)22-9-12-23-10-2-1-3-11-23/h4-8,13-14H,1-3,9-12H2,(H2,20,21)(H,22,24). The van der Waals surface area contributed by atoms with Crippen molar-refractivity contribution >= 4 is 11.6 Å². The summed E-state index contributed by atoms with van der Waals surface area (Å²) < 4.78 is 0. The normalized spacial score (nSPS) is 15.2. The number of amides is 1. The van der Waals surface area contributed by atoms with Crippen molar-refractivity contribution in [1.29, 1.82) is 0 Å². The van der Waals surface area contributed by atoms with Crippen LogP contribution in [0.15, 0.2) is 42.7 Å². The van der Waals surface area contributed by atoms with Crippen LogP contribution in [0.3, 0.4) is 0 Å². The van der Waals surface area contributed by atoms with Crippen LogP contribution in [-0.4, -0.2) is 42.0 Å². The van der Waals surface area contributed by atoms with Crippen molar-refractivity contribution in [2.75, 3.05) is 31.9 Å². The van der Waals surface area contributed by atoms with Crippen molar-refractivity contribution in [3.8, 4) is 11.1 Å². The summed E-state index contributed by atoms with van der Waals surface area (Å²) in [5.74, 6) is -0.0451. The van der Waals surface area contributed by atoms with E-state index in [2.05, 4.69) is 15.2 Å². The summed E-state index contributed by atoms with van der Waals surface area (Å²) in [5, 5.41) is 3.01. The average molecular weight is 324 g/mol. The van der Waals surface area contributed by atoms with E-state index in [0.717, 1.165) is 30.8 Å². The van der Waals surface area contributed by atoms with Gasteiger partial charge in [0.15, 0.2) is 0 Å². The van der Waals surface area contributed by atoms with Gasteiger partial charge in [0.2, 0.25) is 0 Å². The van der Waals surface area contributed by atoms with Crippen LogP contribution in [0.2, 0.25) is 0 Å². The molecule has 2 heterocycles. The smallest absolute Gasteiger partial charge is 0.251 e. The Balaban J connectivity index is 1.61. The highest BCUT2D eigenvalue weighted by Crippen LogP contribution is 2.25. The van der Waals surface area contributed by atoms with Crippen LogP contribution in [0.25, 0.3) is 11.1 Å². The molecule has 1 amide bonds. The van der Waals surface area contributed by atoms with Gasteiger partial charge in [-0.15, -0.1) is 0 Å². The number of carbonyl (C=O) groups excluding carboxylic acids is 1. The van der Waals surface area contributed by atoms with E-state index >= 15 is 0 Å². The minimum atomic E-state index is -0.0451. The molecule has 2 aromatic rings. The fourth-order valence-corrected chi connectivity index (χ4v) is 3.09.